The van der Waals surface area contributed by atoms with Crippen LogP contribution in [-0.4, -0.2) is 10.9 Å². The molecule has 0 aliphatic heterocycles. The van der Waals surface area contributed by atoms with Crippen LogP contribution in [0, 0.1) is 0 Å². The quantitative estimate of drug-likeness (QED) is 0.802. The predicted molar refractivity (Wildman–Crippen MR) is 42.7 cm³/mol. The fourth-order valence-corrected chi connectivity index (χ4v) is 1.11. The van der Waals surface area contributed by atoms with Crippen LogP contribution in [0.15, 0.2) is 12.3 Å². The maximum Gasteiger partial charge on any atom is 0.281 e. The predicted octanol–water partition coefficient (Wildman–Crippen LogP) is 1.77. The van der Waals surface area contributed by atoms with Crippen molar-refractivity contribution >= 4 is 17.5 Å². The summed E-state index contributed by atoms with van der Waals surface area (Å²) in [5.74, 6) is -1.01. The maximum atomic E-state index is 12.2. The number of nitrogens with two attached hydrogens (primary N) is 1. The van der Waals surface area contributed by atoms with Gasteiger partial charge in [0.05, 0.1) is 10.6 Å². The van der Waals surface area contributed by atoms with E-state index in [0.29, 0.717) is 0 Å². The molecule has 1 rings (SSSR count). The van der Waals surface area contributed by atoms with Crippen molar-refractivity contribution < 1.29 is 13.6 Å². The SMILES string of the molecule is NC(=O)c1c(Cl)ccnc1C(F)F. The molecule has 0 saturated carbocycles. The molecule has 0 aliphatic rings. The fraction of sp³-hybridized carbons (Fsp3) is 0.143. The molecule has 0 saturated heterocycles. The Morgan fingerprint density at radius 3 is 2.62 bits per heavy atom. The molecule has 0 bridgehead atoms. The van der Waals surface area contributed by atoms with Gasteiger partial charge >= 0.3 is 0 Å². The number of halogens is 3. The second-order valence-corrected chi connectivity index (χ2v) is 2.63. The molecule has 0 atom stereocenters. The van der Waals surface area contributed by atoms with E-state index >= 15 is 0 Å². The first-order valence-electron chi connectivity index (χ1n) is 3.26. The van der Waals surface area contributed by atoms with Crippen molar-refractivity contribution in [3.63, 3.8) is 0 Å². The van der Waals surface area contributed by atoms with Crippen molar-refractivity contribution in [3.8, 4) is 0 Å². The summed E-state index contributed by atoms with van der Waals surface area (Å²) in [7, 11) is 0. The van der Waals surface area contributed by atoms with Crippen molar-refractivity contribution in [2.24, 2.45) is 5.73 Å². The van der Waals surface area contributed by atoms with Gasteiger partial charge in [-0.15, -0.1) is 0 Å². The zero-order valence-corrected chi connectivity index (χ0v) is 7.05. The average molecular weight is 207 g/mol. The molecule has 1 aromatic rings. The zero-order valence-electron chi connectivity index (χ0n) is 6.30. The van der Waals surface area contributed by atoms with Crippen LogP contribution in [0.5, 0.6) is 0 Å². The van der Waals surface area contributed by atoms with Gasteiger partial charge in [-0.05, 0) is 6.07 Å². The monoisotopic (exact) mass is 206 g/mol. The van der Waals surface area contributed by atoms with Crippen LogP contribution in [0.25, 0.3) is 0 Å². The number of aromatic nitrogens is 1. The first-order chi connectivity index (χ1) is 6.04. The van der Waals surface area contributed by atoms with Crippen LogP contribution in [0.4, 0.5) is 8.78 Å². The minimum absolute atomic E-state index is 0.113. The molecular weight excluding hydrogens is 202 g/mol. The van der Waals surface area contributed by atoms with E-state index in [-0.39, 0.29) is 5.02 Å². The van der Waals surface area contributed by atoms with Crippen LogP contribution in [0.1, 0.15) is 22.5 Å². The van der Waals surface area contributed by atoms with E-state index < -0.39 is 23.6 Å². The lowest BCUT2D eigenvalue weighted by Crippen LogP contribution is -2.15. The van der Waals surface area contributed by atoms with Gasteiger partial charge in [-0.2, -0.15) is 0 Å². The molecule has 1 heterocycles. The summed E-state index contributed by atoms with van der Waals surface area (Å²) in [6.45, 7) is 0. The molecule has 0 aliphatic carbocycles. The van der Waals surface area contributed by atoms with Crippen molar-refractivity contribution in [3.05, 3.63) is 28.5 Å². The molecule has 1 aromatic heterocycles. The number of nitrogens with zero attached hydrogens (tertiary/aromatic N) is 1. The number of carbonyl (C=O) groups excluding carboxylic acids is 1. The second-order valence-electron chi connectivity index (χ2n) is 2.22. The van der Waals surface area contributed by atoms with Crippen LogP contribution >= 0.6 is 11.6 Å². The van der Waals surface area contributed by atoms with Crippen LogP contribution in [-0.2, 0) is 0 Å². The number of primary amides is 1. The van der Waals surface area contributed by atoms with Crippen LogP contribution < -0.4 is 5.73 Å². The first kappa shape index (κ1) is 9.85. The smallest absolute Gasteiger partial charge is 0.281 e. The average Bonchev–Trinajstić information content (AvgIpc) is 2.02. The Hall–Kier alpha value is -1.23. The maximum absolute atomic E-state index is 12.2. The van der Waals surface area contributed by atoms with E-state index in [9.17, 15) is 13.6 Å². The first-order valence-corrected chi connectivity index (χ1v) is 3.64. The van der Waals surface area contributed by atoms with E-state index in [1.165, 1.54) is 6.07 Å². The summed E-state index contributed by atoms with van der Waals surface area (Å²) >= 11 is 5.49. The molecule has 0 fully saturated rings. The van der Waals surface area contributed by atoms with Gasteiger partial charge in [0, 0.05) is 6.20 Å². The molecule has 3 nitrogen and oxygen atoms in total. The molecule has 13 heavy (non-hydrogen) atoms. The normalized spacial score (nSPS) is 10.5. The molecule has 1 amide bonds. The van der Waals surface area contributed by atoms with Crippen molar-refractivity contribution in [1.29, 1.82) is 0 Å². The van der Waals surface area contributed by atoms with Crippen molar-refractivity contribution in [1.82, 2.24) is 4.98 Å². The van der Waals surface area contributed by atoms with E-state index in [1.807, 2.05) is 0 Å². The van der Waals surface area contributed by atoms with Gasteiger partial charge in [0.2, 0.25) is 0 Å². The zero-order chi connectivity index (χ0) is 10.0. The Labute approximate surface area is 77.5 Å². The summed E-state index contributed by atoms with van der Waals surface area (Å²) in [6, 6.07) is 1.23. The topological polar surface area (TPSA) is 56.0 Å². The highest BCUT2D eigenvalue weighted by Crippen LogP contribution is 2.25. The number of rotatable bonds is 2. The Morgan fingerprint density at radius 2 is 2.23 bits per heavy atom. The molecule has 0 unspecified atom stereocenters. The van der Waals surface area contributed by atoms with Crippen LogP contribution in [0.3, 0.4) is 0 Å². The van der Waals surface area contributed by atoms with Gasteiger partial charge in [-0.1, -0.05) is 11.6 Å². The standard InChI is InChI=1S/C7H5ClF2N2O/c8-3-1-2-12-5(6(9)10)4(3)7(11)13/h1-2,6H,(H2,11,13). The lowest BCUT2D eigenvalue weighted by Gasteiger charge is -2.05. The third-order valence-corrected chi connectivity index (χ3v) is 1.70. The largest absolute Gasteiger partial charge is 0.365 e. The minimum atomic E-state index is -2.86. The number of pyridine rings is 1. The number of alkyl halides is 2. The summed E-state index contributed by atoms with van der Waals surface area (Å²) in [5, 5.41) is -0.113. The molecule has 6 heteroatoms. The van der Waals surface area contributed by atoms with E-state index in [0.717, 1.165) is 6.20 Å². The van der Waals surface area contributed by atoms with E-state index in [4.69, 9.17) is 17.3 Å². The lowest BCUT2D eigenvalue weighted by atomic mass is 10.2. The summed E-state index contributed by atoms with van der Waals surface area (Å²) in [5.41, 5.74) is 3.76. The van der Waals surface area contributed by atoms with Crippen molar-refractivity contribution in [2.45, 2.75) is 6.43 Å². The molecular formula is C7H5ClF2N2O. The molecule has 0 aromatic carbocycles. The Bertz CT molecular complexity index is 343. The molecule has 0 spiro atoms. The highest BCUT2D eigenvalue weighted by molar-refractivity contribution is 6.33. The Balaban J connectivity index is 3.34. The fourth-order valence-electron chi connectivity index (χ4n) is 0.863. The minimum Gasteiger partial charge on any atom is -0.365 e. The van der Waals surface area contributed by atoms with Gasteiger partial charge in [0.15, 0.2) is 0 Å². The highest BCUT2D eigenvalue weighted by Gasteiger charge is 2.20. The summed E-state index contributed by atoms with van der Waals surface area (Å²) < 4.78 is 24.5. The van der Waals surface area contributed by atoms with Gasteiger partial charge in [-0.3, -0.25) is 9.78 Å². The Morgan fingerprint density at radius 1 is 1.62 bits per heavy atom. The molecule has 70 valence electrons. The van der Waals surface area contributed by atoms with E-state index in [2.05, 4.69) is 4.98 Å². The van der Waals surface area contributed by atoms with Gasteiger partial charge in [-0.25, -0.2) is 8.78 Å². The molecule has 0 radical (unpaired) electrons. The van der Waals surface area contributed by atoms with Gasteiger partial charge in [0.1, 0.15) is 5.69 Å². The van der Waals surface area contributed by atoms with Crippen LogP contribution in [0.2, 0.25) is 5.02 Å². The summed E-state index contributed by atoms with van der Waals surface area (Å²) in [6.07, 6.45) is -1.77. The number of hydrogen-bond acceptors (Lipinski definition) is 2. The lowest BCUT2D eigenvalue weighted by molar-refractivity contribution is 0.0983. The van der Waals surface area contributed by atoms with Gasteiger partial charge < -0.3 is 5.73 Å². The van der Waals surface area contributed by atoms with Gasteiger partial charge in [0.25, 0.3) is 12.3 Å². The summed E-state index contributed by atoms with van der Waals surface area (Å²) in [4.78, 5) is 14.0. The highest BCUT2D eigenvalue weighted by atomic mass is 35.5. The van der Waals surface area contributed by atoms with E-state index in [1.54, 1.807) is 0 Å². The molecule has 2 N–H and O–H groups in total. The Kier molecular flexibility index (Phi) is 2.77. The number of hydrogen-bond donors (Lipinski definition) is 1. The third kappa shape index (κ3) is 1.92. The number of carbonyl (C=O) groups is 1. The second kappa shape index (κ2) is 3.66. The number of amides is 1. The third-order valence-electron chi connectivity index (χ3n) is 1.38. The van der Waals surface area contributed by atoms with Crippen molar-refractivity contribution in [2.75, 3.05) is 0 Å².